The van der Waals surface area contributed by atoms with E-state index in [0.29, 0.717) is 19.8 Å². The van der Waals surface area contributed by atoms with Crippen LogP contribution in [0, 0.1) is 0 Å². The molecular weight excluding hydrogens is 360 g/mol. The summed E-state index contributed by atoms with van der Waals surface area (Å²) in [6.45, 7) is 3.32. The average molecular weight is 382 g/mol. The third kappa shape index (κ3) is 5.91. The number of esters is 1. The van der Waals surface area contributed by atoms with Crippen LogP contribution >= 0.6 is 11.3 Å². The molecule has 0 aliphatic rings. The SMILES string of the molecule is CCOC(=O)CNCc1csc(COc2ccc(-c3ccccc3)cc2)n1. The molecule has 1 N–H and O–H groups in total. The van der Waals surface area contributed by atoms with Gasteiger partial charge in [0.1, 0.15) is 17.4 Å². The van der Waals surface area contributed by atoms with Crippen molar-refractivity contribution in [3.8, 4) is 16.9 Å². The molecule has 0 atom stereocenters. The Labute approximate surface area is 163 Å². The van der Waals surface area contributed by atoms with E-state index in [4.69, 9.17) is 9.47 Å². The molecule has 0 saturated heterocycles. The lowest BCUT2D eigenvalue weighted by atomic mass is 10.1. The highest BCUT2D eigenvalue weighted by Crippen LogP contribution is 2.23. The summed E-state index contributed by atoms with van der Waals surface area (Å²) in [6, 6.07) is 18.3. The lowest BCUT2D eigenvalue weighted by Crippen LogP contribution is -2.24. The molecule has 0 bridgehead atoms. The molecule has 6 heteroatoms. The first-order valence-corrected chi connectivity index (χ1v) is 9.70. The van der Waals surface area contributed by atoms with Gasteiger partial charge in [0.2, 0.25) is 0 Å². The third-order valence-corrected chi connectivity index (χ3v) is 4.67. The number of carbonyl (C=O) groups is 1. The smallest absolute Gasteiger partial charge is 0.319 e. The molecule has 0 aliphatic carbocycles. The predicted molar refractivity (Wildman–Crippen MR) is 107 cm³/mol. The molecule has 0 amide bonds. The Balaban J connectivity index is 1.46. The van der Waals surface area contributed by atoms with E-state index < -0.39 is 0 Å². The van der Waals surface area contributed by atoms with Gasteiger partial charge in [0.15, 0.2) is 0 Å². The highest BCUT2D eigenvalue weighted by Gasteiger charge is 2.05. The number of thiazole rings is 1. The van der Waals surface area contributed by atoms with Crippen LogP contribution in [0.1, 0.15) is 17.6 Å². The number of hydrogen-bond donors (Lipinski definition) is 1. The van der Waals surface area contributed by atoms with E-state index in [9.17, 15) is 4.79 Å². The molecule has 0 aliphatic heterocycles. The number of carbonyl (C=O) groups excluding carboxylic acids is 1. The first kappa shape index (κ1) is 19.1. The Bertz CT molecular complexity index is 847. The summed E-state index contributed by atoms with van der Waals surface area (Å²) in [5, 5.41) is 5.89. The molecule has 5 nitrogen and oxygen atoms in total. The van der Waals surface area contributed by atoms with Crippen LogP contribution in [0.2, 0.25) is 0 Å². The number of nitrogens with one attached hydrogen (secondary N) is 1. The Hall–Kier alpha value is -2.70. The van der Waals surface area contributed by atoms with Crippen molar-refractivity contribution >= 4 is 17.3 Å². The second-order valence-corrected chi connectivity index (χ2v) is 6.76. The van der Waals surface area contributed by atoms with E-state index in [-0.39, 0.29) is 12.5 Å². The number of hydrogen-bond acceptors (Lipinski definition) is 6. The van der Waals surface area contributed by atoms with Gasteiger partial charge in [-0.3, -0.25) is 4.79 Å². The van der Waals surface area contributed by atoms with Gasteiger partial charge in [-0.15, -0.1) is 11.3 Å². The zero-order valence-electron chi connectivity index (χ0n) is 15.2. The zero-order valence-corrected chi connectivity index (χ0v) is 16.0. The first-order chi connectivity index (χ1) is 13.2. The van der Waals surface area contributed by atoms with Gasteiger partial charge in [-0.2, -0.15) is 0 Å². The topological polar surface area (TPSA) is 60.5 Å². The van der Waals surface area contributed by atoms with Crippen molar-refractivity contribution < 1.29 is 14.3 Å². The molecule has 0 unspecified atom stereocenters. The van der Waals surface area contributed by atoms with Crippen molar-refractivity contribution in [2.45, 2.75) is 20.1 Å². The molecular formula is C21H22N2O3S. The van der Waals surface area contributed by atoms with Crippen LogP contribution in [0.25, 0.3) is 11.1 Å². The first-order valence-electron chi connectivity index (χ1n) is 8.82. The van der Waals surface area contributed by atoms with Gasteiger partial charge in [-0.1, -0.05) is 42.5 Å². The zero-order chi connectivity index (χ0) is 18.9. The summed E-state index contributed by atoms with van der Waals surface area (Å²) in [6.07, 6.45) is 0. The molecule has 0 radical (unpaired) electrons. The van der Waals surface area contributed by atoms with Crippen LogP contribution in [0.3, 0.4) is 0 Å². The Morgan fingerprint density at radius 3 is 2.56 bits per heavy atom. The number of rotatable bonds is 9. The minimum atomic E-state index is -0.254. The number of ether oxygens (including phenoxy) is 2. The second-order valence-electron chi connectivity index (χ2n) is 5.82. The van der Waals surface area contributed by atoms with E-state index in [1.54, 1.807) is 18.3 Å². The van der Waals surface area contributed by atoms with Gasteiger partial charge in [0, 0.05) is 11.9 Å². The van der Waals surface area contributed by atoms with E-state index >= 15 is 0 Å². The molecule has 0 spiro atoms. The quantitative estimate of drug-likeness (QED) is 0.566. The van der Waals surface area contributed by atoms with Crippen LogP contribution in [-0.4, -0.2) is 24.1 Å². The molecule has 27 heavy (non-hydrogen) atoms. The minimum absolute atomic E-state index is 0.185. The Morgan fingerprint density at radius 1 is 1.07 bits per heavy atom. The van der Waals surface area contributed by atoms with Crippen molar-refractivity contribution in [2.75, 3.05) is 13.2 Å². The fourth-order valence-corrected chi connectivity index (χ4v) is 3.23. The van der Waals surface area contributed by atoms with Crippen molar-refractivity contribution in [3.05, 3.63) is 70.7 Å². The van der Waals surface area contributed by atoms with Crippen LogP contribution < -0.4 is 10.1 Å². The summed E-state index contributed by atoms with van der Waals surface area (Å²) in [5.41, 5.74) is 3.23. The van der Waals surface area contributed by atoms with E-state index in [1.165, 1.54) is 5.56 Å². The predicted octanol–water partition coefficient (Wildman–Crippen LogP) is 4.04. The van der Waals surface area contributed by atoms with Gasteiger partial charge in [0.25, 0.3) is 0 Å². The van der Waals surface area contributed by atoms with Gasteiger partial charge >= 0.3 is 5.97 Å². The number of aromatic nitrogens is 1. The van der Waals surface area contributed by atoms with Crippen molar-refractivity contribution in [3.63, 3.8) is 0 Å². The van der Waals surface area contributed by atoms with Crippen molar-refractivity contribution in [1.29, 1.82) is 0 Å². The van der Waals surface area contributed by atoms with Gasteiger partial charge in [-0.25, -0.2) is 4.98 Å². The molecule has 3 rings (SSSR count). The number of benzene rings is 2. The maximum absolute atomic E-state index is 11.3. The van der Waals surface area contributed by atoms with Crippen LogP contribution in [0.15, 0.2) is 60.0 Å². The highest BCUT2D eigenvalue weighted by atomic mass is 32.1. The summed E-state index contributed by atoms with van der Waals surface area (Å²) in [4.78, 5) is 15.8. The second kappa shape index (κ2) is 9.85. The van der Waals surface area contributed by atoms with Crippen molar-refractivity contribution in [1.82, 2.24) is 10.3 Å². The summed E-state index contributed by atoms with van der Waals surface area (Å²) in [5.74, 6) is 0.558. The van der Waals surface area contributed by atoms with E-state index in [2.05, 4.69) is 34.6 Å². The monoisotopic (exact) mass is 382 g/mol. The van der Waals surface area contributed by atoms with Crippen LogP contribution in [0.5, 0.6) is 5.75 Å². The average Bonchev–Trinajstić information content (AvgIpc) is 3.15. The van der Waals surface area contributed by atoms with Crippen LogP contribution in [0.4, 0.5) is 0 Å². The summed E-state index contributed by atoms with van der Waals surface area (Å²) in [7, 11) is 0. The molecule has 0 saturated carbocycles. The summed E-state index contributed by atoms with van der Waals surface area (Å²) < 4.78 is 10.7. The lowest BCUT2D eigenvalue weighted by Gasteiger charge is -2.06. The lowest BCUT2D eigenvalue weighted by molar-refractivity contribution is -0.142. The highest BCUT2D eigenvalue weighted by molar-refractivity contribution is 7.09. The molecule has 3 aromatic rings. The van der Waals surface area contributed by atoms with E-state index in [1.807, 2.05) is 35.7 Å². The number of nitrogens with zero attached hydrogens (tertiary/aromatic N) is 1. The standard InChI is InChI=1S/C21H22N2O3S/c1-2-25-21(24)13-22-12-18-15-27-20(23-18)14-26-19-10-8-17(9-11-19)16-6-4-3-5-7-16/h3-11,15,22H,2,12-14H2,1H3. The Morgan fingerprint density at radius 2 is 1.81 bits per heavy atom. The molecule has 2 aromatic carbocycles. The normalized spacial score (nSPS) is 10.6. The molecule has 1 aromatic heterocycles. The fraction of sp³-hybridized carbons (Fsp3) is 0.238. The van der Waals surface area contributed by atoms with Gasteiger partial charge in [-0.05, 0) is 30.2 Å². The molecule has 0 fully saturated rings. The fourth-order valence-electron chi connectivity index (χ4n) is 2.52. The molecule has 140 valence electrons. The van der Waals surface area contributed by atoms with Crippen LogP contribution in [-0.2, 0) is 22.7 Å². The van der Waals surface area contributed by atoms with E-state index in [0.717, 1.165) is 22.0 Å². The Kier molecular flexibility index (Phi) is 6.96. The third-order valence-electron chi connectivity index (χ3n) is 3.80. The van der Waals surface area contributed by atoms with Gasteiger partial charge < -0.3 is 14.8 Å². The maximum atomic E-state index is 11.3. The summed E-state index contributed by atoms with van der Waals surface area (Å²) >= 11 is 1.55. The van der Waals surface area contributed by atoms with Gasteiger partial charge in [0.05, 0.1) is 18.8 Å². The van der Waals surface area contributed by atoms with Crippen molar-refractivity contribution in [2.24, 2.45) is 0 Å². The largest absolute Gasteiger partial charge is 0.486 e. The minimum Gasteiger partial charge on any atom is -0.486 e. The molecule has 1 heterocycles. The maximum Gasteiger partial charge on any atom is 0.319 e.